The van der Waals surface area contributed by atoms with E-state index < -0.39 is 23.6 Å². The maximum Gasteiger partial charge on any atom is 0.416 e. The summed E-state index contributed by atoms with van der Waals surface area (Å²) in [6, 6.07) is 10.3. The van der Waals surface area contributed by atoms with E-state index in [0.29, 0.717) is 29.0 Å². The Kier molecular flexibility index (Phi) is 5.72. The Morgan fingerprint density at radius 1 is 1.15 bits per heavy atom. The number of fused-ring (bicyclic) bond motifs is 1. The number of para-hydroxylation sites is 1. The number of carboxylic acid groups (broad SMARTS) is 1. The molecule has 1 aromatic heterocycles. The van der Waals surface area contributed by atoms with Crippen molar-refractivity contribution in [3.63, 3.8) is 0 Å². The molecule has 3 aromatic rings. The first-order chi connectivity index (χ1) is 15.5. The van der Waals surface area contributed by atoms with E-state index in [1.54, 1.807) is 12.1 Å². The van der Waals surface area contributed by atoms with Crippen LogP contribution in [0.4, 0.5) is 13.2 Å². The molecule has 1 saturated carbocycles. The molecule has 1 aliphatic rings. The minimum absolute atomic E-state index is 0.141. The van der Waals surface area contributed by atoms with E-state index in [1.165, 1.54) is 12.1 Å². The Morgan fingerprint density at radius 3 is 2.39 bits per heavy atom. The van der Waals surface area contributed by atoms with Crippen LogP contribution in [0.3, 0.4) is 0 Å². The fraction of sp³-hybridized carbons (Fsp3) is 0.360. The van der Waals surface area contributed by atoms with Crippen molar-refractivity contribution in [1.82, 2.24) is 4.57 Å². The van der Waals surface area contributed by atoms with E-state index in [4.69, 9.17) is 10.8 Å². The summed E-state index contributed by atoms with van der Waals surface area (Å²) in [4.78, 5) is 23.0. The summed E-state index contributed by atoms with van der Waals surface area (Å²) in [5.41, 5.74) is 7.47. The second kappa shape index (κ2) is 8.24. The Balaban J connectivity index is 1.70. The van der Waals surface area contributed by atoms with Gasteiger partial charge < -0.3 is 15.4 Å². The van der Waals surface area contributed by atoms with Crippen LogP contribution in [0.15, 0.2) is 48.7 Å². The Morgan fingerprint density at radius 2 is 1.82 bits per heavy atom. The van der Waals surface area contributed by atoms with Crippen LogP contribution in [0.1, 0.15) is 59.7 Å². The lowest BCUT2D eigenvalue weighted by molar-refractivity contribution is -0.138. The average Bonchev–Trinajstić information content (AvgIpc) is 3.09. The first kappa shape index (κ1) is 22.9. The summed E-state index contributed by atoms with van der Waals surface area (Å²) in [6.07, 6.45) is -0.00593. The van der Waals surface area contributed by atoms with Crippen molar-refractivity contribution < 1.29 is 27.9 Å². The molecule has 0 bridgehead atoms. The highest BCUT2D eigenvalue weighted by Gasteiger charge is 2.43. The second-order valence-corrected chi connectivity index (χ2v) is 9.20. The van der Waals surface area contributed by atoms with E-state index in [0.717, 1.165) is 35.9 Å². The number of rotatable bonds is 7. The van der Waals surface area contributed by atoms with E-state index in [9.17, 15) is 22.8 Å². The van der Waals surface area contributed by atoms with Gasteiger partial charge in [0.2, 0.25) is 0 Å². The van der Waals surface area contributed by atoms with Gasteiger partial charge in [-0.1, -0.05) is 31.2 Å². The van der Waals surface area contributed by atoms with Crippen LogP contribution in [-0.2, 0) is 22.9 Å². The van der Waals surface area contributed by atoms with Gasteiger partial charge in [0.1, 0.15) is 0 Å². The van der Waals surface area contributed by atoms with Crippen LogP contribution >= 0.6 is 0 Å². The predicted octanol–water partition coefficient (Wildman–Crippen LogP) is 5.34. The SMILES string of the molecule is CC1(c2cn(Cc3ccc(C(F)(F)F)cc3)c3c(C(N)=O)cccc23)CC(CCC(=O)O)C1. The Hall–Kier alpha value is -3.29. The van der Waals surface area contributed by atoms with E-state index in [2.05, 4.69) is 6.92 Å². The van der Waals surface area contributed by atoms with E-state index in [-0.39, 0.29) is 18.4 Å². The first-order valence-corrected chi connectivity index (χ1v) is 10.8. The number of carbonyl (C=O) groups excluding carboxylic acids is 1. The maximum atomic E-state index is 12.9. The zero-order chi connectivity index (χ0) is 24.0. The fourth-order valence-corrected chi connectivity index (χ4v) is 5.13. The zero-order valence-corrected chi connectivity index (χ0v) is 18.2. The third-order valence-corrected chi connectivity index (χ3v) is 6.69. The van der Waals surface area contributed by atoms with Crippen molar-refractivity contribution >= 4 is 22.8 Å². The van der Waals surface area contributed by atoms with Crippen LogP contribution in [0, 0.1) is 5.92 Å². The van der Waals surface area contributed by atoms with Crippen molar-refractivity contribution in [3.8, 4) is 0 Å². The molecule has 0 spiro atoms. The number of hydrogen-bond donors (Lipinski definition) is 2. The highest BCUT2D eigenvalue weighted by Crippen LogP contribution is 2.51. The van der Waals surface area contributed by atoms with Gasteiger partial charge >= 0.3 is 12.1 Å². The molecular weight excluding hydrogens is 433 g/mol. The average molecular weight is 458 g/mol. The van der Waals surface area contributed by atoms with Gasteiger partial charge in [-0.15, -0.1) is 0 Å². The van der Waals surface area contributed by atoms with Crippen LogP contribution in [0.25, 0.3) is 10.9 Å². The summed E-state index contributed by atoms with van der Waals surface area (Å²) in [6.45, 7) is 2.41. The van der Waals surface area contributed by atoms with Gasteiger partial charge in [0.25, 0.3) is 5.91 Å². The quantitative estimate of drug-likeness (QED) is 0.501. The number of carboxylic acids is 1. The van der Waals surface area contributed by atoms with Crippen molar-refractivity contribution in [2.24, 2.45) is 11.7 Å². The lowest BCUT2D eigenvalue weighted by Gasteiger charge is -2.45. The number of aliphatic carboxylic acids is 1. The summed E-state index contributed by atoms with van der Waals surface area (Å²) in [5, 5.41) is 9.84. The largest absolute Gasteiger partial charge is 0.481 e. The van der Waals surface area contributed by atoms with Gasteiger partial charge in [-0.3, -0.25) is 9.59 Å². The number of primary amides is 1. The third-order valence-electron chi connectivity index (χ3n) is 6.69. The van der Waals surface area contributed by atoms with Crippen LogP contribution in [-0.4, -0.2) is 21.6 Å². The van der Waals surface area contributed by atoms with Crippen molar-refractivity contribution in [2.75, 3.05) is 0 Å². The summed E-state index contributed by atoms with van der Waals surface area (Å²) in [5.74, 6) is -1.06. The molecule has 1 aliphatic carbocycles. The number of carbonyl (C=O) groups is 2. The molecule has 0 radical (unpaired) electrons. The topological polar surface area (TPSA) is 85.3 Å². The molecule has 1 amide bonds. The summed E-state index contributed by atoms with van der Waals surface area (Å²) in [7, 11) is 0. The van der Waals surface area contributed by atoms with Crippen molar-refractivity contribution in [2.45, 2.75) is 50.7 Å². The molecule has 1 fully saturated rings. The molecule has 0 saturated heterocycles. The molecular formula is C25H25F3N2O3. The van der Waals surface area contributed by atoms with Crippen LogP contribution in [0.5, 0.6) is 0 Å². The third kappa shape index (κ3) is 4.47. The van der Waals surface area contributed by atoms with E-state index >= 15 is 0 Å². The molecule has 0 unspecified atom stereocenters. The molecule has 0 aliphatic heterocycles. The van der Waals surface area contributed by atoms with Crippen molar-refractivity contribution in [1.29, 1.82) is 0 Å². The molecule has 2 aromatic carbocycles. The number of benzene rings is 2. The highest BCUT2D eigenvalue weighted by molar-refractivity contribution is 6.06. The monoisotopic (exact) mass is 458 g/mol. The number of nitrogens with two attached hydrogens (primary N) is 1. The maximum absolute atomic E-state index is 12.9. The van der Waals surface area contributed by atoms with Gasteiger partial charge in [0.15, 0.2) is 0 Å². The fourth-order valence-electron chi connectivity index (χ4n) is 5.13. The molecule has 0 atom stereocenters. The lowest BCUT2D eigenvalue weighted by atomic mass is 9.59. The van der Waals surface area contributed by atoms with Gasteiger partial charge in [0, 0.05) is 24.5 Å². The molecule has 4 rings (SSSR count). The van der Waals surface area contributed by atoms with Crippen molar-refractivity contribution in [3.05, 3.63) is 70.9 Å². The molecule has 33 heavy (non-hydrogen) atoms. The van der Waals surface area contributed by atoms with Gasteiger partial charge in [0.05, 0.1) is 16.6 Å². The number of amides is 1. The standard InChI is InChI=1S/C25H25F3N2O3/c1-24(11-16(12-24)7-10-21(31)32)20-14-30(22-18(20)3-2-4-19(22)23(29)33)13-15-5-8-17(9-6-15)25(26,27)28/h2-6,8-9,14,16H,7,10-13H2,1H3,(H2,29,33)(H,31,32). The first-order valence-electron chi connectivity index (χ1n) is 10.8. The van der Waals surface area contributed by atoms with Crippen LogP contribution in [0.2, 0.25) is 0 Å². The number of hydrogen-bond acceptors (Lipinski definition) is 2. The smallest absolute Gasteiger partial charge is 0.416 e. The molecule has 8 heteroatoms. The Labute approximate surface area is 189 Å². The Bertz CT molecular complexity index is 1210. The highest BCUT2D eigenvalue weighted by atomic mass is 19.4. The molecule has 3 N–H and O–H groups in total. The summed E-state index contributed by atoms with van der Waals surface area (Å²) < 4.78 is 40.6. The molecule has 5 nitrogen and oxygen atoms in total. The van der Waals surface area contributed by atoms with Gasteiger partial charge in [-0.05, 0) is 59.9 Å². The molecule has 174 valence electrons. The number of nitrogens with zero attached hydrogens (tertiary/aromatic N) is 1. The van der Waals surface area contributed by atoms with Gasteiger partial charge in [-0.25, -0.2) is 0 Å². The van der Waals surface area contributed by atoms with E-state index in [1.807, 2.05) is 16.8 Å². The van der Waals surface area contributed by atoms with Gasteiger partial charge in [-0.2, -0.15) is 13.2 Å². The number of aromatic nitrogens is 1. The minimum atomic E-state index is -4.40. The summed E-state index contributed by atoms with van der Waals surface area (Å²) >= 11 is 0. The second-order valence-electron chi connectivity index (χ2n) is 9.20. The zero-order valence-electron chi connectivity index (χ0n) is 18.2. The number of halogens is 3. The number of alkyl halides is 3. The molecule has 1 heterocycles. The minimum Gasteiger partial charge on any atom is -0.481 e. The normalized spacial score (nSPS) is 20.5. The van der Waals surface area contributed by atoms with Crippen LogP contribution < -0.4 is 5.73 Å². The lowest BCUT2D eigenvalue weighted by Crippen LogP contribution is -2.38. The predicted molar refractivity (Wildman–Crippen MR) is 118 cm³/mol.